The summed E-state index contributed by atoms with van der Waals surface area (Å²) in [6.45, 7) is 20.8. The van der Waals surface area contributed by atoms with Gasteiger partial charge >= 0.3 is 0 Å². The van der Waals surface area contributed by atoms with Gasteiger partial charge in [0.1, 0.15) is 0 Å². The van der Waals surface area contributed by atoms with Gasteiger partial charge < -0.3 is 0 Å². The fourth-order valence-electron chi connectivity index (χ4n) is 8.52. The van der Waals surface area contributed by atoms with Gasteiger partial charge in [-0.2, -0.15) is 0 Å². The molecule has 0 amide bonds. The first-order valence-corrected chi connectivity index (χ1v) is 18.3. The second kappa shape index (κ2) is 10.3. The molecule has 0 atom stereocenters. The third-order valence-electron chi connectivity index (χ3n) is 11.4. The minimum Gasteiger partial charge on any atom is -0.0610 e. The van der Waals surface area contributed by atoms with Crippen LogP contribution in [0, 0.1) is 0 Å². The molecule has 0 heteroatoms. The van der Waals surface area contributed by atoms with E-state index in [1.54, 1.807) is 0 Å². The van der Waals surface area contributed by atoms with Gasteiger partial charge in [-0.1, -0.05) is 159 Å². The number of fused-ring (bicyclic) bond motifs is 6. The maximum atomic E-state index is 2.45. The SMILES string of the molecule is CC(C)(C)c1cc(-c2ccc3c4c(cccc24)-c2cc(C(C)(C)C)ccc2-3)cc(-c2ccc3c4c(cccc24)-c2cc(C(C)(C)C)ccc2-3)c1. The molecule has 2 aliphatic carbocycles. The first-order chi connectivity index (χ1) is 23.7. The minimum atomic E-state index is -0.00628. The number of benzene rings is 7. The highest BCUT2D eigenvalue weighted by Crippen LogP contribution is 2.53. The Bertz CT molecular complexity index is 2400. The van der Waals surface area contributed by atoms with Crippen molar-refractivity contribution in [3.8, 4) is 66.8 Å². The first kappa shape index (κ1) is 31.1. The maximum absolute atomic E-state index is 2.45. The summed E-state index contributed by atoms with van der Waals surface area (Å²) in [6, 6.07) is 44.8. The summed E-state index contributed by atoms with van der Waals surface area (Å²) >= 11 is 0. The van der Waals surface area contributed by atoms with Crippen LogP contribution in [0.3, 0.4) is 0 Å². The Morgan fingerprint density at radius 1 is 0.280 bits per heavy atom. The average molecular weight is 647 g/mol. The van der Waals surface area contributed by atoms with E-state index in [1.807, 2.05) is 0 Å². The molecule has 0 unspecified atom stereocenters. The molecule has 9 rings (SSSR count). The molecule has 0 radical (unpaired) electrons. The van der Waals surface area contributed by atoms with E-state index in [1.165, 1.54) is 105 Å². The van der Waals surface area contributed by atoms with Gasteiger partial charge in [0.05, 0.1) is 0 Å². The van der Waals surface area contributed by atoms with Crippen LogP contribution < -0.4 is 0 Å². The Kier molecular flexibility index (Phi) is 6.40. The Hall–Kier alpha value is -4.94. The predicted octanol–water partition coefficient (Wildman–Crippen LogP) is 14.5. The van der Waals surface area contributed by atoms with E-state index in [-0.39, 0.29) is 16.2 Å². The predicted molar refractivity (Wildman–Crippen MR) is 217 cm³/mol. The highest BCUT2D eigenvalue weighted by molar-refractivity contribution is 6.20. The number of hydrogen-bond acceptors (Lipinski definition) is 0. The van der Waals surface area contributed by atoms with Crippen molar-refractivity contribution in [1.82, 2.24) is 0 Å². The molecule has 2 aliphatic rings. The highest BCUT2D eigenvalue weighted by atomic mass is 14.3. The van der Waals surface area contributed by atoms with Crippen molar-refractivity contribution in [2.75, 3.05) is 0 Å². The minimum absolute atomic E-state index is 0.00628. The van der Waals surface area contributed by atoms with Gasteiger partial charge in [-0.25, -0.2) is 0 Å². The Balaban J connectivity index is 1.24. The van der Waals surface area contributed by atoms with Gasteiger partial charge in [0, 0.05) is 0 Å². The zero-order chi connectivity index (χ0) is 34.9. The van der Waals surface area contributed by atoms with E-state index in [0.29, 0.717) is 0 Å². The highest BCUT2D eigenvalue weighted by Gasteiger charge is 2.28. The lowest BCUT2D eigenvalue weighted by atomic mass is 9.82. The van der Waals surface area contributed by atoms with Crippen LogP contribution in [0.5, 0.6) is 0 Å². The molecule has 0 nitrogen and oxygen atoms in total. The summed E-state index contributed by atoms with van der Waals surface area (Å²) < 4.78 is 0. The summed E-state index contributed by atoms with van der Waals surface area (Å²) in [5.74, 6) is 0. The lowest BCUT2D eigenvalue weighted by molar-refractivity contribution is 0.590. The van der Waals surface area contributed by atoms with Crippen molar-refractivity contribution >= 4 is 21.5 Å². The quantitative estimate of drug-likeness (QED) is 0.175. The van der Waals surface area contributed by atoms with E-state index < -0.39 is 0 Å². The lowest BCUT2D eigenvalue weighted by Gasteiger charge is -2.23. The van der Waals surface area contributed by atoms with Crippen molar-refractivity contribution in [2.45, 2.75) is 78.6 Å². The third-order valence-corrected chi connectivity index (χ3v) is 11.4. The molecule has 50 heavy (non-hydrogen) atoms. The van der Waals surface area contributed by atoms with Crippen molar-refractivity contribution < 1.29 is 0 Å². The van der Waals surface area contributed by atoms with Crippen LogP contribution in [-0.2, 0) is 16.2 Å². The topological polar surface area (TPSA) is 0 Å². The van der Waals surface area contributed by atoms with Crippen LogP contribution in [0.4, 0.5) is 0 Å². The largest absolute Gasteiger partial charge is 0.0610 e. The molecule has 0 aliphatic heterocycles. The molecular formula is C50H46. The molecule has 0 saturated carbocycles. The molecule has 0 aromatic heterocycles. The molecule has 0 heterocycles. The number of hydrogen-bond donors (Lipinski definition) is 0. The summed E-state index contributed by atoms with van der Waals surface area (Å²) in [5, 5.41) is 5.42. The standard InChI is InChI=1S/C50H46/c1-48(2,3)31-16-18-36-42-22-20-34(38-12-10-14-40(46(38)42)44(36)27-31)29-24-30(26-33(25-29)50(7,8)9)35-21-23-43-37-19-17-32(49(4,5)6)28-45(37)41-15-11-13-39(35)47(41)43/h10-28H,1-9H3. The zero-order valence-corrected chi connectivity index (χ0v) is 31.0. The molecule has 0 spiro atoms. The summed E-state index contributed by atoms with van der Waals surface area (Å²) in [6.07, 6.45) is 0. The van der Waals surface area contributed by atoms with Crippen molar-refractivity contribution in [2.24, 2.45) is 0 Å². The van der Waals surface area contributed by atoms with Crippen molar-refractivity contribution in [1.29, 1.82) is 0 Å². The Morgan fingerprint density at radius 2 is 0.640 bits per heavy atom. The van der Waals surface area contributed by atoms with Crippen LogP contribution in [-0.4, -0.2) is 0 Å². The third kappa shape index (κ3) is 4.57. The molecule has 7 aromatic rings. The van der Waals surface area contributed by atoms with E-state index >= 15 is 0 Å². The van der Waals surface area contributed by atoms with Crippen LogP contribution in [0.15, 0.2) is 115 Å². The molecule has 0 fully saturated rings. The van der Waals surface area contributed by atoms with Crippen LogP contribution in [0.2, 0.25) is 0 Å². The summed E-state index contributed by atoms with van der Waals surface area (Å²) in [7, 11) is 0. The molecule has 0 N–H and O–H groups in total. The fourth-order valence-corrected chi connectivity index (χ4v) is 8.52. The molecule has 0 bridgehead atoms. The Morgan fingerprint density at radius 3 is 1.04 bits per heavy atom. The monoisotopic (exact) mass is 646 g/mol. The van der Waals surface area contributed by atoms with Gasteiger partial charge in [0.25, 0.3) is 0 Å². The van der Waals surface area contributed by atoms with E-state index in [4.69, 9.17) is 0 Å². The van der Waals surface area contributed by atoms with Crippen LogP contribution in [0.25, 0.3) is 88.3 Å². The van der Waals surface area contributed by atoms with Gasteiger partial charge in [-0.15, -0.1) is 0 Å². The van der Waals surface area contributed by atoms with Crippen LogP contribution in [0.1, 0.15) is 79.0 Å². The van der Waals surface area contributed by atoms with Gasteiger partial charge in [-0.05, 0) is 139 Å². The Labute approximate surface area is 297 Å². The molecule has 0 saturated heterocycles. The van der Waals surface area contributed by atoms with Crippen LogP contribution >= 0.6 is 0 Å². The van der Waals surface area contributed by atoms with Crippen molar-refractivity contribution in [3.63, 3.8) is 0 Å². The average Bonchev–Trinajstić information content (AvgIpc) is 3.58. The second-order valence-electron chi connectivity index (χ2n) is 17.8. The van der Waals surface area contributed by atoms with Crippen molar-refractivity contribution in [3.05, 3.63) is 132 Å². The maximum Gasteiger partial charge on any atom is -0.00201 e. The van der Waals surface area contributed by atoms with E-state index in [9.17, 15) is 0 Å². The van der Waals surface area contributed by atoms with E-state index in [0.717, 1.165) is 0 Å². The molecule has 246 valence electrons. The van der Waals surface area contributed by atoms with E-state index in [2.05, 4.69) is 178 Å². The second-order valence-corrected chi connectivity index (χ2v) is 17.8. The summed E-state index contributed by atoms with van der Waals surface area (Å²) in [5.41, 5.74) is 20.3. The van der Waals surface area contributed by atoms with Gasteiger partial charge in [-0.3, -0.25) is 0 Å². The first-order valence-electron chi connectivity index (χ1n) is 18.3. The molecule has 7 aromatic carbocycles. The smallest absolute Gasteiger partial charge is 0.00201 e. The fraction of sp³-hybridized carbons (Fsp3) is 0.240. The zero-order valence-electron chi connectivity index (χ0n) is 31.0. The van der Waals surface area contributed by atoms with Gasteiger partial charge in [0.2, 0.25) is 0 Å². The number of rotatable bonds is 2. The lowest BCUT2D eigenvalue weighted by Crippen LogP contribution is -2.11. The molecular weight excluding hydrogens is 601 g/mol. The van der Waals surface area contributed by atoms with Gasteiger partial charge in [0.15, 0.2) is 0 Å². The summed E-state index contributed by atoms with van der Waals surface area (Å²) in [4.78, 5) is 0. The normalized spacial score (nSPS) is 13.3.